The average molecular weight is 356 g/mol. The van der Waals surface area contributed by atoms with Crippen LogP contribution in [-0.4, -0.2) is 46.8 Å². The molecule has 130 valence electrons. The van der Waals surface area contributed by atoms with Gasteiger partial charge in [0.2, 0.25) is 0 Å². The molecule has 0 atom stereocenters. The van der Waals surface area contributed by atoms with E-state index in [0.717, 1.165) is 0 Å². The molecule has 1 aliphatic rings. The third-order valence-corrected chi connectivity index (χ3v) is 2.55. The van der Waals surface area contributed by atoms with Crippen molar-refractivity contribution in [3.05, 3.63) is 12.4 Å². The molecule has 0 aromatic rings. The average Bonchev–Trinajstić information content (AvgIpc) is 2.75. The Labute approximate surface area is 113 Å². The van der Waals surface area contributed by atoms with Crippen molar-refractivity contribution in [1.29, 1.82) is 0 Å². The smallest absolute Gasteiger partial charge is 0.295 e. The zero-order valence-corrected chi connectivity index (χ0v) is 9.79. The molecular formula is C8H4F12N2. The molecule has 0 amide bonds. The second-order valence-electron chi connectivity index (χ2n) is 4.03. The molecule has 2 nitrogen and oxygen atoms in total. The summed E-state index contributed by atoms with van der Waals surface area (Å²) in [7, 11) is 0. The van der Waals surface area contributed by atoms with E-state index in [1.165, 1.54) is 0 Å². The van der Waals surface area contributed by atoms with E-state index in [1.54, 1.807) is 0 Å². The SMILES string of the molecule is FC(F)(F)N1C=CN(C(F)(F)C(F)(F)C(F)(F)C(F)(F)F)C1. The predicted molar refractivity (Wildman–Crippen MR) is 44.6 cm³/mol. The number of nitrogens with zero attached hydrogens (tertiary/aromatic N) is 2. The summed E-state index contributed by atoms with van der Waals surface area (Å²) in [6.45, 7) is -2.08. The van der Waals surface area contributed by atoms with Crippen LogP contribution in [-0.2, 0) is 0 Å². The molecule has 0 saturated heterocycles. The van der Waals surface area contributed by atoms with E-state index in [2.05, 4.69) is 0 Å². The van der Waals surface area contributed by atoms with Gasteiger partial charge >= 0.3 is 30.4 Å². The molecule has 0 unspecified atom stereocenters. The molecule has 0 aliphatic carbocycles. The summed E-state index contributed by atoms with van der Waals surface area (Å²) in [4.78, 5) is -2.18. The van der Waals surface area contributed by atoms with Gasteiger partial charge in [0.15, 0.2) is 0 Å². The summed E-state index contributed by atoms with van der Waals surface area (Å²) < 4.78 is 149. The van der Waals surface area contributed by atoms with Crippen LogP contribution in [0.5, 0.6) is 0 Å². The molecule has 0 saturated carbocycles. The number of halogens is 12. The van der Waals surface area contributed by atoms with Crippen molar-refractivity contribution in [2.24, 2.45) is 0 Å². The van der Waals surface area contributed by atoms with Crippen molar-refractivity contribution in [2.45, 2.75) is 30.4 Å². The van der Waals surface area contributed by atoms with Gasteiger partial charge in [-0.15, -0.1) is 0 Å². The molecule has 0 aromatic carbocycles. The van der Waals surface area contributed by atoms with Crippen molar-refractivity contribution in [1.82, 2.24) is 9.80 Å². The Hall–Kier alpha value is -1.50. The van der Waals surface area contributed by atoms with Crippen LogP contribution in [0.1, 0.15) is 0 Å². The Balaban J connectivity index is 3.12. The fourth-order valence-electron chi connectivity index (χ4n) is 1.31. The topological polar surface area (TPSA) is 6.48 Å². The molecule has 1 rings (SSSR count). The molecule has 0 fully saturated rings. The van der Waals surface area contributed by atoms with Crippen molar-refractivity contribution in [3.63, 3.8) is 0 Å². The van der Waals surface area contributed by atoms with Crippen molar-refractivity contribution in [3.8, 4) is 0 Å². The van der Waals surface area contributed by atoms with Crippen LogP contribution < -0.4 is 0 Å². The Morgan fingerprint density at radius 2 is 1.00 bits per heavy atom. The largest absolute Gasteiger partial charge is 0.485 e. The first-order valence-corrected chi connectivity index (χ1v) is 4.95. The predicted octanol–water partition coefficient (Wildman–Crippen LogP) is 3.98. The fourth-order valence-corrected chi connectivity index (χ4v) is 1.31. The highest BCUT2D eigenvalue weighted by molar-refractivity contribution is 5.05. The number of hydrogen-bond acceptors (Lipinski definition) is 2. The maximum absolute atomic E-state index is 13.2. The van der Waals surface area contributed by atoms with E-state index < -0.39 is 46.8 Å². The monoisotopic (exact) mass is 356 g/mol. The molecular weight excluding hydrogens is 352 g/mol. The first kappa shape index (κ1) is 18.5. The molecule has 0 N–H and O–H groups in total. The summed E-state index contributed by atoms with van der Waals surface area (Å²) in [5, 5.41) is 0. The first-order chi connectivity index (χ1) is 9.46. The molecule has 1 aliphatic heterocycles. The summed E-state index contributed by atoms with van der Waals surface area (Å²) >= 11 is 0. The van der Waals surface area contributed by atoms with Gasteiger partial charge in [0.05, 0.1) is 0 Å². The lowest BCUT2D eigenvalue weighted by Crippen LogP contribution is -2.65. The lowest BCUT2D eigenvalue weighted by molar-refractivity contribution is -0.416. The van der Waals surface area contributed by atoms with Gasteiger partial charge in [0.25, 0.3) is 0 Å². The van der Waals surface area contributed by atoms with E-state index in [-0.39, 0.29) is 12.4 Å². The lowest BCUT2D eigenvalue weighted by Gasteiger charge is -2.38. The van der Waals surface area contributed by atoms with Crippen LogP contribution in [0, 0.1) is 0 Å². The van der Waals surface area contributed by atoms with Gasteiger partial charge in [-0.25, -0.2) is 0 Å². The molecule has 22 heavy (non-hydrogen) atoms. The normalized spacial score (nSPS) is 18.4. The van der Waals surface area contributed by atoms with Crippen molar-refractivity contribution >= 4 is 0 Å². The zero-order chi connectivity index (χ0) is 17.8. The molecule has 14 heteroatoms. The highest BCUT2D eigenvalue weighted by Crippen LogP contribution is 2.54. The Morgan fingerprint density at radius 3 is 1.32 bits per heavy atom. The molecule has 0 spiro atoms. The van der Waals surface area contributed by atoms with Crippen LogP contribution in [0.2, 0.25) is 0 Å². The molecule has 0 aromatic heterocycles. The standard InChI is InChI=1S/C8H4F12N2/c9-4(10,6(13,14)15)5(11,12)7(16,17)21-1-2-22(3-21)8(18,19)20/h1-2H,3H2. The minimum absolute atomic E-state index is 0.213. The quantitative estimate of drug-likeness (QED) is 0.558. The Kier molecular flexibility index (Phi) is 4.00. The van der Waals surface area contributed by atoms with Crippen LogP contribution in [0.3, 0.4) is 0 Å². The van der Waals surface area contributed by atoms with Crippen molar-refractivity contribution < 1.29 is 52.7 Å². The van der Waals surface area contributed by atoms with E-state index in [0.29, 0.717) is 0 Å². The second-order valence-corrected chi connectivity index (χ2v) is 4.03. The van der Waals surface area contributed by atoms with E-state index >= 15 is 0 Å². The van der Waals surface area contributed by atoms with E-state index in [1.807, 2.05) is 0 Å². The van der Waals surface area contributed by atoms with Crippen LogP contribution in [0.15, 0.2) is 12.4 Å². The van der Waals surface area contributed by atoms with Gasteiger partial charge < -0.3 is 0 Å². The third kappa shape index (κ3) is 2.62. The van der Waals surface area contributed by atoms with Crippen LogP contribution in [0.25, 0.3) is 0 Å². The Morgan fingerprint density at radius 1 is 0.591 bits per heavy atom. The number of hydrogen-bond donors (Lipinski definition) is 0. The van der Waals surface area contributed by atoms with Gasteiger partial charge in [0, 0.05) is 12.4 Å². The molecule has 1 heterocycles. The second kappa shape index (κ2) is 4.75. The highest BCUT2D eigenvalue weighted by atomic mass is 19.4. The van der Waals surface area contributed by atoms with Gasteiger partial charge in [-0.3, -0.25) is 9.80 Å². The van der Waals surface area contributed by atoms with Gasteiger partial charge in [-0.1, -0.05) is 0 Å². The molecule has 0 bridgehead atoms. The zero-order valence-electron chi connectivity index (χ0n) is 9.79. The Bertz CT molecular complexity index is 447. The minimum atomic E-state index is -7.16. The van der Waals surface area contributed by atoms with Crippen molar-refractivity contribution in [2.75, 3.05) is 6.67 Å². The highest BCUT2D eigenvalue weighted by Gasteiger charge is 2.83. The van der Waals surface area contributed by atoms with Crippen LogP contribution >= 0.6 is 0 Å². The van der Waals surface area contributed by atoms with Gasteiger partial charge in [-0.2, -0.15) is 52.7 Å². The molecule has 0 radical (unpaired) electrons. The lowest BCUT2D eigenvalue weighted by atomic mass is 10.1. The maximum Gasteiger partial charge on any atom is 0.485 e. The minimum Gasteiger partial charge on any atom is -0.295 e. The maximum atomic E-state index is 13.2. The third-order valence-electron chi connectivity index (χ3n) is 2.55. The number of alkyl halides is 12. The summed E-state index contributed by atoms with van der Waals surface area (Å²) in [5.74, 6) is -14.2. The summed E-state index contributed by atoms with van der Waals surface area (Å²) in [5.41, 5.74) is 0. The van der Waals surface area contributed by atoms with E-state index in [4.69, 9.17) is 0 Å². The first-order valence-electron chi connectivity index (χ1n) is 4.95. The van der Waals surface area contributed by atoms with Gasteiger partial charge in [0.1, 0.15) is 6.67 Å². The fraction of sp³-hybridized carbons (Fsp3) is 0.750. The van der Waals surface area contributed by atoms with Gasteiger partial charge in [-0.05, 0) is 0 Å². The summed E-state index contributed by atoms with van der Waals surface area (Å²) in [6.07, 6.45) is -12.9. The number of rotatable bonds is 3. The van der Waals surface area contributed by atoms with Crippen LogP contribution in [0.4, 0.5) is 52.7 Å². The van der Waals surface area contributed by atoms with E-state index in [9.17, 15) is 52.7 Å². The summed E-state index contributed by atoms with van der Waals surface area (Å²) in [6, 6.07) is -6.23.